The second-order valence-electron chi connectivity index (χ2n) is 7.12. The zero-order valence-electron chi connectivity index (χ0n) is 16.1. The molecule has 5 rings (SSSR count). The summed E-state index contributed by atoms with van der Waals surface area (Å²) >= 11 is 0. The Balaban J connectivity index is 1.50. The highest BCUT2D eigenvalue weighted by Gasteiger charge is 2.20. The first-order valence-corrected chi connectivity index (χ1v) is 9.41. The van der Waals surface area contributed by atoms with E-state index in [-0.39, 0.29) is 5.82 Å². The molecule has 0 saturated carbocycles. The van der Waals surface area contributed by atoms with E-state index < -0.39 is 0 Å². The fraction of sp³-hybridized carbons (Fsp3) is 0.238. The number of benzene rings is 1. The first-order valence-electron chi connectivity index (χ1n) is 9.41. The van der Waals surface area contributed by atoms with Gasteiger partial charge in [0.1, 0.15) is 17.9 Å². The molecule has 0 aliphatic carbocycles. The Morgan fingerprint density at radius 1 is 1.17 bits per heavy atom. The molecule has 0 unspecified atom stereocenters. The molecular formula is C21H19FN6O. The third-order valence-electron chi connectivity index (χ3n) is 5.23. The van der Waals surface area contributed by atoms with Crippen molar-refractivity contribution in [2.45, 2.75) is 26.8 Å². The van der Waals surface area contributed by atoms with Gasteiger partial charge in [0.2, 0.25) is 5.95 Å². The summed E-state index contributed by atoms with van der Waals surface area (Å²) in [6.45, 7) is 4.87. The number of halogens is 1. The predicted molar refractivity (Wildman–Crippen MR) is 106 cm³/mol. The van der Waals surface area contributed by atoms with Crippen LogP contribution in [0.3, 0.4) is 0 Å². The summed E-state index contributed by atoms with van der Waals surface area (Å²) in [6.07, 6.45) is 5.88. The third-order valence-corrected chi connectivity index (χ3v) is 5.23. The average Bonchev–Trinajstić information content (AvgIpc) is 3.37. The van der Waals surface area contributed by atoms with Crippen molar-refractivity contribution < 1.29 is 9.13 Å². The molecule has 4 heterocycles. The van der Waals surface area contributed by atoms with Crippen LogP contribution in [-0.4, -0.2) is 31.2 Å². The summed E-state index contributed by atoms with van der Waals surface area (Å²) in [7, 11) is 0. The molecule has 0 atom stereocenters. The van der Waals surface area contributed by atoms with E-state index in [1.54, 1.807) is 23.0 Å². The van der Waals surface area contributed by atoms with Crippen molar-refractivity contribution in [3.05, 3.63) is 65.1 Å². The molecule has 1 N–H and O–H groups in total. The van der Waals surface area contributed by atoms with E-state index in [2.05, 4.69) is 25.5 Å². The number of pyridine rings is 1. The Hall–Kier alpha value is -3.55. The molecule has 8 heteroatoms. The monoisotopic (exact) mass is 390 g/mol. The normalized spacial score (nSPS) is 12.8. The molecule has 0 bridgehead atoms. The van der Waals surface area contributed by atoms with Crippen molar-refractivity contribution in [2.24, 2.45) is 0 Å². The SMILES string of the molecule is Cc1cc(C)c(-c2cnc(NCc3c(F)ccc4c3CCO4)n3cnnc23)cn1. The first-order chi connectivity index (χ1) is 14.1. The van der Waals surface area contributed by atoms with Crippen LogP contribution >= 0.6 is 0 Å². The molecule has 0 radical (unpaired) electrons. The molecule has 1 aromatic carbocycles. The van der Waals surface area contributed by atoms with Crippen LogP contribution in [0.4, 0.5) is 10.3 Å². The van der Waals surface area contributed by atoms with Gasteiger partial charge in [-0.1, -0.05) is 0 Å². The van der Waals surface area contributed by atoms with Crippen molar-refractivity contribution in [3.63, 3.8) is 0 Å². The first kappa shape index (κ1) is 17.5. The molecular weight excluding hydrogens is 371 g/mol. The summed E-state index contributed by atoms with van der Waals surface area (Å²) in [5.41, 5.74) is 6.03. The number of anilines is 1. The largest absolute Gasteiger partial charge is 0.493 e. The molecule has 1 aliphatic rings. The highest BCUT2D eigenvalue weighted by molar-refractivity contribution is 5.79. The lowest BCUT2D eigenvalue weighted by Crippen LogP contribution is -2.10. The van der Waals surface area contributed by atoms with Crippen LogP contribution in [0, 0.1) is 19.7 Å². The maximum absolute atomic E-state index is 14.4. The number of fused-ring (bicyclic) bond motifs is 2. The Kier molecular flexibility index (Phi) is 4.12. The van der Waals surface area contributed by atoms with Crippen molar-refractivity contribution in [1.29, 1.82) is 0 Å². The number of nitrogens with zero attached hydrogens (tertiary/aromatic N) is 5. The standard InChI is InChI=1S/C21H19FN6O/c1-12-7-13(2)23-8-15(12)17-10-25-21(28-11-26-27-20(17)28)24-9-16-14-5-6-29-19(14)4-3-18(16)22/h3-4,7-8,10-11H,5-6,9H2,1-2H3,(H,24,25). The number of rotatable bonds is 4. The van der Waals surface area contributed by atoms with Crippen LogP contribution in [0.25, 0.3) is 16.8 Å². The lowest BCUT2D eigenvalue weighted by molar-refractivity contribution is 0.356. The molecule has 0 amide bonds. The van der Waals surface area contributed by atoms with Crippen molar-refractivity contribution >= 4 is 11.6 Å². The summed E-state index contributed by atoms with van der Waals surface area (Å²) in [4.78, 5) is 8.94. The van der Waals surface area contributed by atoms with E-state index in [4.69, 9.17) is 4.74 Å². The third kappa shape index (κ3) is 2.97. The van der Waals surface area contributed by atoms with Crippen molar-refractivity contribution in [1.82, 2.24) is 24.6 Å². The highest BCUT2D eigenvalue weighted by atomic mass is 19.1. The van der Waals surface area contributed by atoms with Gasteiger partial charge in [-0.3, -0.25) is 9.38 Å². The maximum atomic E-state index is 14.4. The molecule has 1 aliphatic heterocycles. The topological polar surface area (TPSA) is 77.2 Å². The second kappa shape index (κ2) is 6.80. The van der Waals surface area contributed by atoms with Gasteiger partial charge in [0.25, 0.3) is 0 Å². The van der Waals surface area contributed by atoms with Gasteiger partial charge in [0.05, 0.1) is 6.61 Å². The lowest BCUT2D eigenvalue weighted by atomic mass is 10.0. The van der Waals surface area contributed by atoms with E-state index in [9.17, 15) is 4.39 Å². The van der Waals surface area contributed by atoms with Crippen molar-refractivity contribution in [3.8, 4) is 16.9 Å². The van der Waals surface area contributed by atoms with Crippen LogP contribution in [0.15, 0.2) is 36.9 Å². The van der Waals surface area contributed by atoms with Crippen LogP contribution in [0.1, 0.15) is 22.4 Å². The predicted octanol–water partition coefficient (Wildman–Crippen LogP) is 3.49. The van der Waals surface area contributed by atoms with Crippen LogP contribution in [-0.2, 0) is 13.0 Å². The number of aryl methyl sites for hydroxylation is 2. The van der Waals surface area contributed by atoms with Gasteiger partial charge in [0.15, 0.2) is 5.65 Å². The zero-order chi connectivity index (χ0) is 20.0. The van der Waals surface area contributed by atoms with E-state index in [1.165, 1.54) is 6.07 Å². The van der Waals surface area contributed by atoms with E-state index in [0.717, 1.165) is 33.7 Å². The van der Waals surface area contributed by atoms with E-state index in [1.807, 2.05) is 26.1 Å². The van der Waals surface area contributed by atoms with E-state index >= 15 is 0 Å². The van der Waals surface area contributed by atoms with Gasteiger partial charge >= 0.3 is 0 Å². The molecule has 29 heavy (non-hydrogen) atoms. The smallest absolute Gasteiger partial charge is 0.210 e. The Morgan fingerprint density at radius 3 is 2.90 bits per heavy atom. The molecule has 0 saturated heterocycles. The highest BCUT2D eigenvalue weighted by Crippen LogP contribution is 2.31. The number of ether oxygens (including phenoxy) is 1. The second-order valence-corrected chi connectivity index (χ2v) is 7.12. The maximum Gasteiger partial charge on any atom is 0.210 e. The minimum atomic E-state index is -0.250. The lowest BCUT2D eigenvalue weighted by Gasteiger charge is -2.13. The molecule has 4 aromatic rings. The molecule has 7 nitrogen and oxygen atoms in total. The number of aromatic nitrogens is 5. The molecule has 0 fully saturated rings. The summed E-state index contributed by atoms with van der Waals surface area (Å²) < 4.78 is 21.7. The zero-order valence-corrected chi connectivity index (χ0v) is 16.1. The van der Waals surface area contributed by atoms with Crippen LogP contribution in [0.5, 0.6) is 5.75 Å². The Bertz CT molecular complexity index is 1240. The molecule has 3 aromatic heterocycles. The van der Waals surface area contributed by atoms with Crippen molar-refractivity contribution in [2.75, 3.05) is 11.9 Å². The minimum absolute atomic E-state index is 0.250. The Labute approximate surface area is 166 Å². The van der Waals surface area contributed by atoms with Gasteiger partial charge in [-0.25, -0.2) is 9.37 Å². The van der Waals surface area contributed by atoms with Gasteiger partial charge < -0.3 is 10.1 Å². The molecule has 146 valence electrons. The van der Waals surface area contributed by atoms with Gasteiger partial charge in [-0.2, -0.15) is 0 Å². The minimum Gasteiger partial charge on any atom is -0.493 e. The van der Waals surface area contributed by atoms with Crippen LogP contribution < -0.4 is 10.1 Å². The van der Waals surface area contributed by atoms with Gasteiger partial charge in [-0.05, 0) is 37.6 Å². The number of nitrogens with one attached hydrogen (secondary N) is 1. The summed E-state index contributed by atoms with van der Waals surface area (Å²) in [5.74, 6) is 1.05. The van der Waals surface area contributed by atoms with Crippen LogP contribution in [0.2, 0.25) is 0 Å². The fourth-order valence-corrected chi connectivity index (χ4v) is 3.79. The molecule has 0 spiro atoms. The number of hydrogen-bond acceptors (Lipinski definition) is 6. The number of hydrogen-bond donors (Lipinski definition) is 1. The quantitative estimate of drug-likeness (QED) is 0.575. The van der Waals surface area contributed by atoms with Gasteiger partial charge in [-0.15, -0.1) is 10.2 Å². The summed E-state index contributed by atoms with van der Waals surface area (Å²) in [6, 6.07) is 5.15. The van der Waals surface area contributed by atoms with Gasteiger partial charge in [0, 0.05) is 53.3 Å². The Morgan fingerprint density at radius 2 is 2.03 bits per heavy atom. The fourth-order valence-electron chi connectivity index (χ4n) is 3.79. The summed E-state index contributed by atoms with van der Waals surface area (Å²) in [5, 5.41) is 11.5. The van der Waals surface area contributed by atoms with E-state index in [0.29, 0.717) is 36.7 Å². The average molecular weight is 390 g/mol.